The Morgan fingerprint density at radius 3 is 2.82 bits per heavy atom. The third-order valence-electron chi connectivity index (χ3n) is 3.30. The molecule has 1 aliphatic rings. The summed E-state index contributed by atoms with van der Waals surface area (Å²) in [4.78, 5) is 0. The summed E-state index contributed by atoms with van der Waals surface area (Å²) in [6, 6.07) is 1.75. The topological polar surface area (TPSA) is 72.2 Å². The molecule has 0 radical (unpaired) electrons. The van der Waals surface area contributed by atoms with Crippen LogP contribution in [0.15, 0.2) is 15.7 Å². The Bertz CT molecular complexity index is 481. The van der Waals surface area contributed by atoms with Gasteiger partial charge < -0.3 is 5.73 Å². The molecule has 0 saturated heterocycles. The molecule has 2 atom stereocenters. The molecule has 2 unspecified atom stereocenters. The standard InChI is InChI=1S/C11H18N2O2S2/c1-8-3-2-4-10(8)13-17(14,15)11-5-9(6-12)7-16-11/h5,7-8,10,13H,2-4,6,12H2,1H3. The molecule has 1 fully saturated rings. The molecule has 1 heterocycles. The maximum atomic E-state index is 12.1. The first-order chi connectivity index (χ1) is 8.03. The maximum absolute atomic E-state index is 12.1. The smallest absolute Gasteiger partial charge is 0.250 e. The Balaban J connectivity index is 2.13. The summed E-state index contributed by atoms with van der Waals surface area (Å²) in [5, 5.41) is 1.80. The molecule has 0 spiro atoms. The van der Waals surface area contributed by atoms with Crippen LogP contribution in [0.1, 0.15) is 31.7 Å². The lowest BCUT2D eigenvalue weighted by molar-refractivity contribution is 0.477. The molecule has 0 aromatic carbocycles. The van der Waals surface area contributed by atoms with Gasteiger partial charge in [-0.15, -0.1) is 11.3 Å². The molecule has 1 aliphatic carbocycles. The molecule has 0 bridgehead atoms. The van der Waals surface area contributed by atoms with E-state index >= 15 is 0 Å². The molecule has 6 heteroatoms. The summed E-state index contributed by atoms with van der Waals surface area (Å²) >= 11 is 1.24. The predicted molar refractivity (Wildman–Crippen MR) is 69.3 cm³/mol. The molecule has 96 valence electrons. The van der Waals surface area contributed by atoms with Crippen molar-refractivity contribution in [1.29, 1.82) is 0 Å². The Morgan fingerprint density at radius 1 is 1.53 bits per heavy atom. The molecule has 1 saturated carbocycles. The van der Waals surface area contributed by atoms with Gasteiger partial charge in [-0.2, -0.15) is 0 Å². The van der Waals surface area contributed by atoms with Crippen molar-refractivity contribution >= 4 is 21.4 Å². The van der Waals surface area contributed by atoms with Crippen molar-refractivity contribution in [3.05, 3.63) is 17.0 Å². The van der Waals surface area contributed by atoms with E-state index in [9.17, 15) is 8.42 Å². The van der Waals surface area contributed by atoms with Crippen molar-refractivity contribution in [3.8, 4) is 0 Å². The third-order valence-corrected chi connectivity index (χ3v) is 6.28. The van der Waals surface area contributed by atoms with Crippen molar-refractivity contribution in [1.82, 2.24) is 4.72 Å². The Morgan fingerprint density at radius 2 is 2.29 bits per heavy atom. The number of hydrogen-bond donors (Lipinski definition) is 2. The van der Waals surface area contributed by atoms with Crippen LogP contribution in [0.3, 0.4) is 0 Å². The number of nitrogens with one attached hydrogen (secondary N) is 1. The van der Waals surface area contributed by atoms with E-state index in [0.29, 0.717) is 16.7 Å². The van der Waals surface area contributed by atoms with E-state index in [1.807, 2.05) is 0 Å². The maximum Gasteiger partial charge on any atom is 0.250 e. The molecule has 1 aromatic heterocycles. The van der Waals surface area contributed by atoms with Crippen LogP contribution in [0, 0.1) is 5.92 Å². The fraction of sp³-hybridized carbons (Fsp3) is 0.636. The predicted octanol–water partition coefficient (Wildman–Crippen LogP) is 1.67. The van der Waals surface area contributed by atoms with Crippen LogP contribution >= 0.6 is 11.3 Å². The van der Waals surface area contributed by atoms with Crippen molar-refractivity contribution in [2.75, 3.05) is 0 Å². The number of sulfonamides is 1. The first-order valence-corrected chi connectivity index (χ1v) is 8.19. The Hall–Kier alpha value is -0.430. The number of nitrogens with two attached hydrogens (primary N) is 1. The van der Waals surface area contributed by atoms with Crippen LogP contribution < -0.4 is 10.5 Å². The molecular weight excluding hydrogens is 256 g/mol. The molecule has 2 rings (SSSR count). The average Bonchev–Trinajstić information content (AvgIpc) is 2.88. The van der Waals surface area contributed by atoms with Crippen LogP contribution in [0.2, 0.25) is 0 Å². The molecule has 1 aromatic rings. The van der Waals surface area contributed by atoms with Gasteiger partial charge in [0.2, 0.25) is 10.0 Å². The molecule has 17 heavy (non-hydrogen) atoms. The minimum atomic E-state index is -3.35. The lowest BCUT2D eigenvalue weighted by Gasteiger charge is -2.16. The van der Waals surface area contributed by atoms with Crippen LogP contribution in [0.4, 0.5) is 0 Å². The van der Waals surface area contributed by atoms with Gasteiger partial charge in [0.15, 0.2) is 0 Å². The summed E-state index contributed by atoms with van der Waals surface area (Å²) in [6.07, 6.45) is 3.15. The number of thiophene rings is 1. The highest BCUT2D eigenvalue weighted by Crippen LogP contribution is 2.27. The second kappa shape index (κ2) is 5.06. The van der Waals surface area contributed by atoms with Crippen LogP contribution in [-0.2, 0) is 16.6 Å². The lowest BCUT2D eigenvalue weighted by Crippen LogP contribution is -2.36. The molecule has 0 amide bonds. The largest absolute Gasteiger partial charge is 0.326 e. The van der Waals surface area contributed by atoms with E-state index in [2.05, 4.69) is 11.6 Å². The Labute approximate surface area is 106 Å². The van der Waals surface area contributed by atoms with Gasteiger partial charge in [-0.25, -0.2) is 13.1 Å². The molecule has 3 N–H and O–H groups in total. The molecule has 0 aliphatic heterocycles. The minimum Gasteiger partial charge on any atom is -0.326 e. The normalized spacial score (nSPS) is 25.3. The van der Waals surface area contributed by atoms with Crippen molar-refractivity contribution in [2.24, 2.45) is 11.7 Å². The van der Waals surface area contributed by atoms with E-state index in [1.54, 1.807) is 11.4 Å². The van der Waals surface area contributed by atoms with Crippen molar-refractivity contribution < 1.29 is 8.42 Å². The van der Waals surface area contributed by atoms with E-state index in [1.165, 1.54) is 11.3 Å². The zero-order valence-corrected chi connectivity index (χ0v) is 11.5. The van der Waals surface area contributed by atoms with Gasteiger partial charge in [0, 0.05) is 12.6 Å². The molecular formula is C11H18N2O2S2. The van der Waals surface area contributed by atoms with Gasteiger partial charge in [0.05, 0.1) is 0 Å². The second-order valence-corrected chi connectivity index (χ2v) is 7.47. The highest BCUT2D eigenvalue weighted by molar-refractivity contribution is 7.91. The van der Waals surface area contributed by atoms with Gasteiger partial charge in [0.25, 0.3) is 0 Å². The van der Waals surface area contributed by atoms with Gasteiger partial charge in [-0.05, 0) is 35.8 Å². The molecule has 4 nitrogen and oxygen atoms in total. The summed E-state index contributed by atoms with van der Waals surface area (Å²) in [5.41, 5.74) is 6.35. The average molecular weight is 274 g/mol. The van der Waals surface area contributed by atoms with Crippen molar-refractivity contribution in [3.63, 3.8) is 0 Å². The van der Waals surface area contributed by atoms with E-state index in [4.69, 9.17) is 5.73 Å². The highest BCUT2D eigenvalue weighted by Gasteiger charge is 2.28. The van der Waals surface area contributed by atoms with E-state index in [0.717, 1.165) is 24.8 Å². The number of rotatable bonds is 4. The van der Waals surface area contributed by atoms with Gasteiger partial charge in [0.1, 0.15) is 4.21 Å². The first-order valence-electron chi connectivity index (χ1n) is 5.83. The van der Waals surface area contributed by atoms with Crippen LogP contribution in [0.25, 0.3) is 0 Å². The highest BCUT2D eigenvalue weighted by atomic mass is 32.2. The summed E-state index contributed by atoms with van der Waals surface area (Å²) in [5.74, 6) is 0.429. The van der Waals surface area contributed by atoms with Gasteiger partial charge in [-0.1, -0.05) is 13.3 Å². The summed E-state index contributed by atoms with van der Waals surface area (Å²) in [7, 11) is -3.35. The van der Waals surface area contributed by atoms with E-state index < -0.39 is 10.0 Å². The Kier molecular flexibility index (Phi) is 3.87. The summed E-state index contributed by atoms with van der Waals surface area (Å²) in [6.45, 7) is 2.48. The zero-order chi connectivity index (χ0) is 12.5. The number of hydrogen-bond acceptors (Lipinski definition) is 4. The van der Waals surface area contributed by atoms with Crippen LogP contribution in [0.5, 0.6) is 0 Å². The monoisotopic (exact) mass is 274 g/mol. The SMILES string of the molecule is CC1CCCC1NS(=O)(=O)c1cc(CN)cs1. The van der Waals surface area contributed by atoms with Gasteiger partial charge >= 0.3 is 0 Å². The van der Waals surface area contributed by atoms with Crippen LogP contribution in [-0.4, -0.2) is 14.5 Å². The van der Waals surface area contributed by atoms with Gasteiger partial charge in [-0.3, -0.25) is 0 Å². The first kappa shape index (κ1) is 13.0. The zero-order valence-electron chi connectivity index (χ0n) is 9.85. The fourth-order valence-electron chi connectivity index (χ4n) is 2.18. The quantitative estimate of drug-likeness (QED) is 0.877. The van der Waals surface area contributed by atoms with Crippen molar-refractivity contribution in [2.45, 2.75) is 43.0 Å². The lowest BCUT2D eigenvalue weighted by atomic mass is 10.1. The third kappa shape index (κ3) is 2.88. The second-order valence-electron chi connectivity index (χ2n) is 4.61. The fourth-order valence-corrected chi connectivity index (χ4v) is 4.80. The van der Waals surface area contributed by atoms with E-state index in [-0.39, 0.29) is 6.04 Å². The minimum absolute atomic E-state index is 0.0865. The summed E-state index contributed by atoms with van der Waals surface area (Å²) < 4.78 is 27.4.